The fourth-order valence-electron chi connectivity index (χ4n) is 2.32. The normalized spacial score (nSPS) is 12.7. The molecule has 0 aliphatic heterocycles. The molecule has 0 aromatic heterocycles. The monoisotopic (exact) mass is 408 g/mol. The molecule has 2 amide bonds. The molecule has 29 heavy (non-hydrogen) atoms. The van der Waals surface area contributed by atoms with Gasteiger partial charge in [-0.1, -0.05) is 30.3 Å². The van der Waals surface area contributed by atoms with Crippen LogP contribution in [0.25, 0.3) is 0 Å². The molecular weight excluding hydrogens is 376 g/mol. The maximum Gasteiger partial charge on any atom is 0.420 e. The van der Waals surface area contributed by atoms with Crippen molar-refractivity contribution >= 4 is 18.2 Å². The predicted molar refractivity (Wildman–Crippen MR) is 108 cm³/mol. The van der Waals surface area contributed by atoms with Crippen molar-refractivity contribution < 1.29 is 28.6 Å². The van der Waals surface area contributed by atoms with E-state index in [1.165, 1.54) is 7.11 Å². The number of carbonyl (C=O) groups is 3. The van der Waals surface area contributed by atoms with Gasteiger partial charge in [0.15, 0.2) is 6.04 Å². The number of hydrogen-bond donors (Lipinski definition) is 1. The molecule has 0 aliphatic rings. The van der Waals surface area contributed by atoms with Gasteiger partial charge in [-0.25, -0.2) is 14.4 Å². The Bertz CT molecular complexity index is 663. The third-order valence-electron chi connectivity index (χ3n) is 3.47. The van der Waals surface area contributed by atoms with Crippen LogP contribution in [0.3, 0.4) is 0 Å². The van der Waals surface area contributed by atoms with E-state index in [0.29, 0.717) is 11.4 Å². The number of nitrogens with one attached hydrogen (secondary N) is 1. The average molecular weight is 408 g/mol. The maximum absolute atomic E-state index is 12.7. The van der Waals surface area contributed by atoms with Crippen molar-refractivity contribution in [1.82, 2.24) is 10.2 Å². The summed E-state index contributed by atoms with van der Waals surface area (Å²) in [5.41, 5.74) is -0.748. The number of amides is 2. The van der Waals surface area contributed by atoms with Crippen LogP contribution in [0.15, 0.2) is 30.3 Å². The first-order chi connectivity index (χ1) is 13.3. The highest BCUT2D eigenvalue weighted by atomic mass is 16.6. The molecule has 162 valence electrons. The van der Waals surface area contributed by atoms with Crippen molar-refractivity contribution in [2.75, 3.05) is 13.7 Å². The third kappa shape index (κ3) is 8.95. The van der Waals surface area contributed by atoms with E-state index in [4.69, 9.17) is 14.2 Å². The van der Waals surface area contributed by atoms with Crippen LogP contribution in [0.2, 0.25) is 0 Å². The van der Waals surface area contributed by atoms with Crippen LogP contribution < -0.4 is 5.32 Å². The Kier molecular flexibility index (Phi) is 8.63. The SMILES string of the molecule is COC(=O)[C@H](CNCc1ccccc1)N(C(=O)OC(C)(C)C)C(=O)OC(C)(C)C. The van der Waals surface area contributed by atoms with Crippen molar-refractivity contribution in [3.8, 4) is 0 Å². The minimum absolute atomic E-state index is 0.0277. The van der Waals surface area contributed by atoms with Gasteiger partial charge in [-0.05, 0) is 47.1 Å². The Morgan fingerprint density at radius 3 is 1.83 bits per heavy atom. The second kappa shape index (κ2) is 10.2. The molecule has 0 spiro atoms. The molecule has 0 saturated carbocycles. The van der Waals surface area contributed by atoms with Crippen molar-refractivity contribution in [2.24, 2.45) is 0 Å². The average Bonchev–Trinajstić information content (AvgIpc) is 2.57. The number of ether oxygens (including phenoxy) is 3. The molecular formula is C21H32N2O6. The minimum atomic E-state index is -1.26. The Balaban J connectivity index is 3.08. The van der Waals surface area contributed by atoms with Crippen LogP contribution in [-0.4, -0.2) is 54.0 Å². The molecule has 0 saturated heterocycles. The van der Waals surface area contributed by atoms with Gasteiger partial charge >= 0.3 is 18.2 Å². The molecule has 8 heteroatoms. The number of nitrogens with zero attached hydrogens (tertiary/aromatic N) is 1. The summed E-state index contributed by atoms with van der Waals surface area (Å²) in [5.74, 6) is -0.762. The van der Waals surface area contributed by atoms with Crippen LogP contribution >= 0.6 is 0 Å². The van der Waals surface area contributed by atoms with E-state index >= 15 is 0 Å². The lowest BCUT2D eigenvalue weighted by atomic mass is 10.2. The smallest absolute Gasteiger partial charge is 0.420 e. The molecule has 1 aromatic carbocycles. The summed E-state index contributed by atoms with van der Waals surface area (Å²) in [5, 5.41) is 3.07. The summed E-state index contributed by atoms with van der Waals surface area (Å²) in [6, 6.07) is 8.26. The molecule has 0 fully saturated rings. The molecule has 0 aliphatic carbocycles. The minimum Gasteiger partial charge on any atom is -0.467 e. The van der Waals surface area contributed by atoms with Gasteiger partial charge in [0.25, 0.3) is 0 Å². The zero-order valence-electron chi connectivity index (χ0n) is 18.3. The van der Waals surface area contributed by atoms with E-state index < -0.39 is 35.4 Å². The Hall–Kier alpha value is -2.61. The summed E-state index contributed by atoms with van der Waals surface area (Å²) >= 11 is 0. The Morgan fingerprint density at radius 1 is 0.931 bits per heavy atom. The molecule has 0 heterocycles. The standard InChI is InChI=1S/C21H32N2O6/c1-20(2,3)28-18(25)23(19(26)29-21(4,5)6)16(17(24)27-7)14-22-13-15-11-9-8-10-12-15/h8-12,16,22H,13-14H2,1-7H3/t16-/m0/s1. The Morgan fingerprint density at radius 2 is 1.41 bits per heavy atom. The zero-order chi connectivity index (χ0) is 22.2. The van der Waals surface area contributed by atoms with Gasteiger partial charge in [0.1, 0.15) is 11.2 Å². The van der Waals surface area contributed by atoms with Gasteiger partial charge in [-0.2, -0.15) is 4.90 Å². The zero-order valence-corrected chi connectivity index (χ0v) is 18.3. The van der Waals surface area contributed by atoms with Crippen molar-refractivity contribution in [3.63, 3.8) is 0 Å². The van der Waals surface area contributed by atoms with Gasteiger partial charge in [0.2, 0.25) is 0 Å². The van der Waals surface area contributed by atoms with Gasteiger partial charge in [0, 0.05) is 13.1 Å². The fourth-order valence-corrected chi connectivity index (χ4v) is 2.32. The van der Waals surface area contributed by atoms with Crippen LogP contribution in [0.4, 0.5) is 9.59 Å². The lowest BCUT2D eigenvalue weighted by molar-refractivity contribution is -0.146. The van der Waals surface area contributed by atoms with E-state index in [2.05, 4.69) is 5.32 Å². The van der Waals surface area contributed by atoms with Crippen molar-refractivity contribution in [1.29, 1.82) is 0 Å². The lowest BCUT2D eigenvalue weighted by Gasteiger charge is -2.32. The van der Waals surface area contributed by atoms with Crippen molar-refractivity contribution in [2.45, 2.75) is 65.3 Å². The summed E-state index contributed by atoms with van der Waals surface area (Å²) in [6.07, 6.45) is -1.97. The fraction of sp³-hybridized carbons (Fsp3) is 0.571. The molecule has 1 aromatic rings. The number of methoxy groups -OCH3 is 1. The number of rotatable bonds is 6. The second-order valence-corrected chi connectivity index (χ2v) is 8.49. The van der Waals surface area contributed by atoms with Crippen LogP contribution in [-0.2, 0) is 25.5 Å². The summed E-state index contributed by atoms with van der Waals surface area (Å²) in [6.45, 7) is 10.4. The largest absolute Gasteiger partial charge is 0.467 e. The first-order valence-electron chi connectivity index (χ1n) is 9.41. The molecule has 1 N–H and O–H groups in total. The Labute approximate surface area is 172 Å². The number of esters is 1. The molecule has 0 bridgehead atoms. The molecule has 0 unspecified atom stereocenters. The molecule has 8 nitrogen and oxygen atoms in total. The summed E-state index contributed by atoms with van der Waals surface area (Å²) < 4.78 is 15.5. The van der Waals surface area contributed by atoms with Crippen molar-refractivity contribution in [3.05, 3.63) is 35.9 Å². The quantitative estimate of drug-likeness (QED) is 0.569. The first kappa shape index (κ1) is 24.4. The maximum atomic E-state index is 12.7. The van der Waals surface area contributed by atoms with E-state index in [1.54, 1.807) is 41.5 Å². The molecule has 1 atom stereocenters. The van der Waals surface area contributed by atoms with E-state index in [-0.39, 0.29) is 6.54 Å². The highest BCUT2D eigenvalue weighted by Crippen LogP contribution is 2.17. The third-order valence-corrected chi connectivity index (χ3v) is 3.47. The van der Waals surface area contributed by atoms with E-state index in [0.717, 1.165) is 5.56 Å². The van der Waals surface area contributed by atoms with E-state index in [1.807, 2.05) is 30.3 Å². The van der Waals surface area contributed by atoms with Gasteiger partial charge < -0.3 is 19.5 Å². The molecule has 0 radical (unpaired) electrons. The molecule has 1 rings (SSSR count). The second-order valence-electron chi connectivity index (χ2n) is 8.49. The van der Waals surface area contributed by atoms with Gasteiger partial charge in [-0.3, -0.25) is 0 Å². The summed E-state index contributed by atoms with van der Waals surface area (Å²) in [7, 11) is 1.19. The number of benzene rings is 1. The van der Waals surface area contributed by atoms with Crippen LogP contribution in [0, 0.1) is 0 Å². The van der Waals surface area contributed by atoms with Gasteiger partial charge in [-0.15, -0.1) is 0 Å². The van der Waals surface area contributed by atoms with E-state index in [9.17, 15) is 14.4 Å². The highest BCUT2D eigenvalue weighted by Gasteiger charge is 2.40. The van der Waals surface area contributed by atoms with Gasteiger partial charge in [0.05, 0.1) is 7.11 Å². The highest BCUT2D eigenvalue weighted by molar-refractivity contribution is 5.94. The number of hydrogen-bond acceptors (Lipinski definition) is 7. The number of imide groups is 1. The van der Waals surface area contributed by atoms with Crippen LogP contribution in [0.1, 0.15) is 47.1 Å². The lowest BCUT2D eigenvalue weighted by Crippen LogP contribution is -2.55. The first-order valence-corrected chi connectivity index (χ1v) is 9.41. The van der Waals surface area contributed by atoms with Crippen LogP contribution in [0.5, 0.6) is 0 Å². The predicted octanol–water partition coefficient (Wildman–Crippen LogP) is 3.49. The number of carbonyl (C=O) groups excluding carboxylic acids is 3. The topological polar surface area (TPSA) is 94.2 Å². The summed E-state index contributed by atoms with van der Waals surface area (Å²) in [4.78, 5) is 38.6.